The van der Waals surface area contributed by atoms with E-state index in [-0.39, 0.29) is 13.0 Å². The largest absolute Gasteiger partial charge is 0.467 e. The van der Waals surface area contributed by atoms with Crippen LogP contribution in [0.2, 0.25) is 0 Å². The normalized spacial score (nSPS) is 33.4. The SMILES string of the molecule is COC(=O)[C@@H]1CCC2(O)CNC(=O)C(=O)N12. The van der Waals surface area contributed by atoms with Crippen LogP contribution in [0.3, 0.4) is 0 Å². The Bertz CT molecular complexity index is 369. The zero-order valence-corrected chi connectivity index (χ0v) is 8.73. The second-order valence-corrected chi connectivity index (χ2v) is 3.92. The highest BCUT2D eigenvalue weighted by Crippen LogP contribution is 2.34. The van der Waals surface area contributed by atoms with Gasteiger partial charge in [-0.25, -0.2) is 4.79 Å². The topological polar surface area (TPSA) is 95.9 Å². The van der Waals surface area contributed by atoms with Crippen LogP contribution in [0.5, 0.6) is 0 Å². The average Bonchev–Trinajstić information content (AvgIpc) is 2.62. The third-order valence-electron chi connectivity index (χ3n) is 3.00. The van der Waals surface area contributed by atoms with E-state index in [1.165, 1.54) is 7.11 Å². The number of ether oxygens (including phenoxy) is 1. The molecule has 0 aromatic rings. The lowest BCUT2D eigenvalue weighted by Gasteiger charge is -2.39. The van der Waals surface area contributed by atoms with Crippen molar-refractivity contribution >= 4 is 17.8 Å². The Morgan fingerprint density at radius 3 is 2.94 bits per heavy atom. The fourth-order valence-corrected chi connectivity index (χ4v) is 2.18. The van der Waals surface area contributed by atoms with Gasteiger partial charge in [0.15, 0.2) is 5.72 Å². The van der Waals surface area contributed by atoms with Crippen molar-refractivity contribution in [2.75, 3.05) is 13.7 Å². The minimum atomic E-state index is -1.45. The van der Waals surface area contributed by atoms with Gasteiger partial charge >= 0.3 is 17.8 Å². The first kappa shape index (κ1) is 10.9. The van der Waals surface area contributed by atoms with Crippen molar-refractivity contribution in [2.45, 2.75) is 24.6 Å². The molecule has 2 fully saturated rings. The maximum Gasteiger partial charge on any atom is 0.328 e. The number of nitrogens with zero attached hydrogens (tertiary/aromatic N) is 1. The lowest BCUT2D eigenvalue weighted by molar-refractivity contribution is -0.177. The number of amides is 2. The number of rotatable bonds is 1. The maximum atomic E-state index is 11.6. The van der Waals surface area contributed by atoms with E-state index in [0.29, 0.717) is 6.42 Å². The van der Waals surface area contributed by atoms with Gasteiger partial charge in [-0.15, -0.1) is 0 Å². The number of hydrogen-bond acceptors (Lipinski definition) is 5. The van der Waals surface area contributed by atoms with Gasteiger partial charge in [0, 0.05) is 0 Å². The highest BCUT2D eigenvalue weighted by molar-refractivity contribution is 6.36. The predicted octanol–water partition coefficient (Wildman–Crippen LogP) is -2.03. The van der Waals surface area contributed by atoms with E-state index in [1.54, 1.807) is 0 Å². The maximum absolute atomic E-state index is 11.6. The van der Waals surface area contributed by atoms with Crippen LogP contribution in [-0.4, -0.2) is 53.2 Å². The molecule has 88 valence electrons. The minimum absolute atomic E-state index is 0.0505. The number of β-amino-alcohol motifs (C(OH)–C–C–N with tert-alkyl or cyclic N) is 1. The van der Waals surface area contributed by atoms with E-state index in [4.69, 9.17) is 0 Å². The van der Waals surface area contributed by atoms with E-state index in [2.05, 4.69) is 10.1 Å². The molecular weight excluding hydrogens is 216 g/mol. The monoisotopic (exact) mass is 228 g/mol. The molecule has 0 aromatic heterocycles. The number of aliphatic hydroxyl groups is 1. The van der Waals surface area contributed by atoms with Crippen molar-refractivity contribution in [2.24, 2.45) is 0 Å². The van der Waals surface area contributed by atoms with Crippen molar-refractivity contribution in [1.29, 1.82) is 0 Å². The molecule has 0 radical (unpaired) electrons. The summed E-state index contributed by atoms with van der Waals surface area (Å²) in [6.07, 6.45) is 0.544. The number of nitrogens with one attached hydrogen (secondary N) is 1. The Balaban J connectivity index is 2.31. The molecule has 2 N–H and O–H groups in total. The van der Waals surface area contributed by atoms with Crippen LogP contribution in [0.25, 0.3) is 0 Å². The molecule has 2 aliphatic rings. The van der Waals surface area contributed by atoms with Gasteiger partial charge in [-0.2, -0.15) is 0 Å². The molecule has 2 heterocycles. The Morgan fingerprint density at radius 2 is 2.31 bits per heavy atom. The minimum Gasteiger partial charge on any atom is -0.467 e. The Labute approximate surface area is 91.3 Å². The number of carbonyl (C=O) groups is 3. The molecule has 2 saturated heterocycles. The van der Waals surface area contributed by atoms with Crippen LogP contribution < -0.4 is 5.32 Å². The summed E-state index contributed by atoms with van der Waals surface area (Å²) in [6.45, 7) is -0.0505. The van der Waals surface area contributed by atoms with Gasteiger partial charge in [-0.1, -0.05) is 0 Å². The van der Waals surface area contributed by atoms with Crippen molar-refractivity contribution in [3.63, 3.8) is 0 Å². The smallest absolute Gasteiger partial charge is 0.328 e. The second-order valence-electron chi connectivity index (χ2n) is 3.92. The van der Waals surface area contributed by atoms with Gasteiger partial charge in [0.05, 0.1) is 13.7 Å². The third kappa shape index (κ3) is 1.35. The quantitative estimate of drug-likeness (QED) is 0.398. The predicted molar refractivity (Wildman–Crippen MR) is 49.8 cm³/mol. The van der Waals surface area contributed by atoms with Crippen LogP contribution >= 0.6 is 0 Å². The van der Waals surface area contributed by atoms with Crippen molar-refractivity contribution in [3.8, 4) is 0 Å². The summed E-state index contributed by atoms with van der Waals surface area (Å²) in [4.78, 5) is 35.1. The third-order valence-corrected chi connectivity index (χ3v) is 3.00. The first-order chi connectivity index (χ1) is 7.49. The molecule has 16 heavy (non-hydrogen) atoms. The molecule has 0 aliphatic carbocycles. The standard InChI is InChI=1S/C9H12N2O5/c1-16-8(14)5-2-3-9(15)4-10-6(12)7(13)11(5)9/h5,15H,2-4H2,1H3,(H,10,12)/t5-,9?/m0/s1. The number of hydrogen-bond donors (Lipinski definition) is 2. The van der Waals surface area contributed by atoms with Gasteiger partial charge < -0.3 is 15.2 Å². The molecule has 0 aromatic carbocycles. The molecule has 2 rings (SSSR count). The molecule has 7 nitrogen and oxygen atoms in total. The first-order valence-corrected chi connectivity index (χ1v) is 4.91. The number of methoxy groups -OCH3 is 1. The van der Waals surface area contributed by atoms with E-state index in [1.807, 2.05) is 0 Å². The van der Waals surface area contributed by atoms with E-state index in [9.17, 15) is 19.5 Å². The van der Waals surface area contributed by atoms with E-state index in [0.717, 1.165) is 4.90 Å². The number of piperazine rings is 1. The Morgan fingerprint density at radius 1 is 1.62 bits per heavy atom. The van der Waals surface area contributed by atoms with E-state index < -0.39 is 29.6 Å². The molecule has 2 atom stereocenters. The van der Waals surface area contributed by atoms with Crippen LogP contribution in [0.4, 0.5) is 0 Å². The summed E-state index contributed by atoms with van der Waals surface area (Å²) in [5, 5.41) is 12.4. The fraction of sp³-hybridized carbons (Fsp3) is 0.667. The Kier molecular flexibility index (Phi) is 2.34. The lowest BCUT2D eigenvalue weighted by Crippen LogP contribution is -2.66. The molecular formula is C9H12N2O5. The first-order valence-electron chi connectivity index (χ1n) is 4.91. The molecule has 0 bridgehead atoms. The lowest BCUT2D eigenvalue weighted by atomic mass is 10.1. The van der Waals surface area contributed by atoms with Crippen molar-refractivity contribution in [3.05, 3.63) is 0 Å². The summed E-state index contributed by atoms with van der Waals surface area (Å²) in [5.74, 6) is -2.30. The highest BCUT2D eigenvalue weighted by Gasteiger charge is 2.55. The highest BCUT2D eigenvalue weighted by atomic mass is 16.5. The zero-order valence-electron chi connectivity index (χ0n) is 8.73. The fourth-order valence-electron chi connectivity index (χ4n) is 2.18. The number of esters is 1. The molecule has 1 unspecified atom stereocenters. The summed E-state index contributed by atoms with van der Waals surface area (Å²) in [6, 6.07) is -0.867. The van der Waals surface area contributed by atoms with Gasteiger partial charge in [-0.05, 0) is 12.8 Å². The van der Waals surface area contributed by atoms with Crippen LogP contribution in [0.15, 0.2) is 0 Å². The van der Waals surface area contributed by atoms with Gasteiger partial charge in [-0.3, -0.25) is 14.5 Å². The number of fused-ring (bicyclic) bond motifs is 1. The van der Waals surface area contributed by atoms with Gasteiger partial charge in [0.2, 0.25) is 0 Å². The summed E-state index contributed by atoms with van der Waals surface area (Å²) < 4.78 is 4.54. The second kappa shape index (κ2) is 3.44. The molecule has 2 amide bonds. The van der Waals surface area contributed by atoms with Crippen LogP contribution in [0, 0.1) is 0 Å². The molecule has 0 saturated carbocycles. The molecule has 7 heteroatoms. The molecule has 2 aliphatic heterocycles. The van der Waals surface area contributed by atoms with Gasteiger partial charge in [0.25, 0.3) is 0 Å². The van der Waals surface area contributed by atoms with Gasteiger partial charge in [0.1, 0.15) is 6.04 Å². The van der Waals surface area contributed by atoms with E-state index >= 15 is 0 Å². The van der Waals surface area contributed by atoms with Crippen molar-refractivity contribution in [1.82, 2.24) is 10.2 Å². The van der Waals surface area contributed by atoms with Crippen LogP contribution in [-0.2, 0) is 19.1 Å². The number of carbonyl (C=O) groups excluding carboxylic acids is 3. The summed E-state index contributed by atoms with van der Waals surface area (Å²) in [7, 11) is 1.20. The summed E-state index contributed by atoms with van der Waals surface area (Å²) >= 11 is 0. The van der Waals surface area contributed by atoms with Crippen molar-refractivity contribution < 1.29 is 24.2 Å². The Hall–Kier alpha value is -1.63. The van der Waals surface area contributed by atoms with Crippen LogP contribution in [0.1, 0.15) is 12.8 Å². The molecule has 0 spiro atoms. The average molecular weight is 228 g/mol. The summed E-state index contributed by atoms with van der Waals surface area (Å²) in [5.41, 5.74) is -1.45. The zero-order chi connectivity index (χ0) is 11.9.